The number of esters is 1. The number of rotatable bonds is 10. The van der Waals surface area contributed by atoms with Crippen LogP contribution in [0.1, 0.15) is 59.3 Å². The van der Waals surface area contributed by atoms with Gasteiger partial charge in [0.2, 0.25) is 0 Å². The highest BCUT2D eigenvalue weighted by atomic mass is 32.2. The van der Waals surface area contributed by atoms with E-state index in [1.54, 1.807) is 20.8 Å². The molecule has 0 aliphatic heterocycles. The third kappa shape index (κ3) is 7.60. The molecule has 0 aliphatic rings. The zero-order valence-corrected chi connectivity index (χ0v) is 14.3. The van der Waals surface area contributed by atoms with Crippen LogP contribution < -0.4 is 0 Å². The van der Waals surface area contributed by atoms with Crippen LogP contribution in [0.25, 0.3) is 0 Å². The molecule has 0 N–H and O–H groups in total. The summed E-state index contributed by atoms with van der Waals surface area (Å²) in [7, 11) is 0. The van der Waals surface area contributed by atoms with Gasteiger partial charge in [-0.15, -0.1) is 0 Å². The molecule has 0 saturated heterocycles. The molecular formula is C14H23F4O4S-. The van der Waals surface area contributed by atoms with E-state index in [1.807, 2.05) is 0 Å². The molecule has 4 nitrogen and oxygen atoms in total. The largest absolute Gasteiger partial charge is 0.768 e. The maximum Gasteiger partial charge on any atom is 0.371 e. The van der Waals surface area contributed by atoms with Crippen molar-refractivity contribution in [3.05, 3.63) is 0 Å². The number of ether oxygens (including phenoxy) is 1. The predicted molar refractivity (Wildman–Crippen MR) is 76.9 cm³/mol. The summed E-state index contributed by atoms with van der Waals surface area (Å²) in [6.07, 6.45) is 0.542. The topological polar surface area (TPSA) is 66.4 Å². The number of carbonyl (C=O) groups excluding carboxylic acids is 1. The highest BCUT2D eigenvalue weighted by molar-refractivity contribution is 7.80. The Balaban J connectivity index is 3.83. The molecule has 0 aromatic carbocycles. The predicted octanol–water partition coefficient (Wildman–Crippen LogP) is 4.02. The van der Waals surface area contributed by atoms with E-state index in [-0.39, 0.29) is 25.4 Å². The van der Waals surface area contributed by atoms with Gasteiger partial charge >= 0.3 is 17.1 Å². The lowest BCUT2D eigenvalue weighted by Crippen LogP contribution is -2.43. The summed E-state index contributed by atoms with van der Waals surface area (Å²) >= 11 is -4.15. The van der Waals surface area contributed by atoms with Gasteiger partial charge in [-0.25, -0.2) is 0 Å². The average molecular weight is 363 g/mol. The summed E-state index contributed by atoms with van der Waals surface area (Å²) in [5, 5.41) is -5.05. The molecule has 0 aromatic heterocycles. The molecule has 0 bridgehead atoms. The summed E-state index contributed by atoms with van der Waals surface area (Å²) in [6, 6.07) is 0. The second kappa shape index (κ2) is 8.96. The van der Waals surface area contributed by atoms with E-state index in [1.165, 1.54) is 0 Å². The molecule has 0 saturated carbocycles. The molecule has 0 amide bonds. The zero-order chi connectivity index (χ0) is 18.3. The standard InChI is InChI=1S/C14H24F4O4S/c1-12(2,3)11(19)22-10-8-6-4-5-7-9-13(15,16)14(17,18)23(20)21/h4-10H2,1-3H3,(H,20,21)/p-1. The second-order valence-corrected chi connectivity index (χ2v) is 7.34. The first-order valence-corrected chi connectivity index (χ1v) is 8.42. The van der Waals surface area contributed by atoms with Crippen molar-refractivity contribution in [2.75, 3.05) is 6.61 Å². The SMILES string of the molecule is CC(C)(C)C(=O)OCCCCCCCC(F)(F)C(F)(F)S(=O)[O-]. The number of alkyl halides is 4. The van der Waals surface area contributed by atoms with E-state index in [4.69, 9.17) is 4.74 Å². The van der Waals surface area contributed by atoms with Crippen LogP contribution in [0.3, 0.4) is 0 Å². The van der Waals surface area contributed by atoms with Crippen molar-refractivity contribution in [2.45, 2.75) is 70.5 Å². The van der Waals surface area contributed by atoms with Crippen LogP contribution in [0.15, 0.2) is 0 Å². The monoisotopic (exact) mass is 363 g/mol. The van der Waals surface area contributed by atoms with Gasteiger partial charge in [-0.1, -0.05) is 19.3 Å². The maximum absolute atomic E-state index is 13.1. The summed E-state index contributed by atoms with van der Waals surface area (Å²) in [5.41, 5.74) is -0.585. The van der Waals surface area contributed by atoms with Gasteiger partial charge in [0.15, 0.2) is 0 Å². The van der Waals surface area contributed by atoms with E-state index in [0.717, 1.165) is 0 Å². The smallest absolute Gasteiger partial charge is 0.371 e. The lowest BCUT2D eigenvalue weighted by Gasteiger charge is -2.27. The van der Waals surface area contributed by atoms with Gasteiger partial charge in [0.1, 0.15) is 0 Å². The molecule has 9 heteroatoms. The first kappa shape index (κ1) is 22.3. The normalized spacial score (nSPS) is 14.6. The van der Waals surface area contributed by atoms with Crippen LogP contribution in [0.2, 0.25) is 0 Å². The minimum absolute atomic E-state index is 0.207. The van der Waals surface area contributed by atoms with Crippen molar-refractivity contribution in [1.29, 1.82) is 0 Å². The molecule has 0 fully saturated rings. The first-order valence-electron chi connectivity index (χ1n) is 7.34. The first-order chi connectivity index (χ1) is 10.3. The fourth-order valence-corrected chi connectivity index (χ4v) is 1.97. The van der Waals surface area contributed by atoms with Gasteiger partial charge in [-0.2, -0.15) is 17.6 Å². The highest BCUT2D eigenvalue weighted by Crippen LogP contribution is 2.40. The Bertz CT molecular complexity index is 408. The summed E-state index contributed by atoms with van der Waals surface area (Å²) in [5.74, 6) is -4.90. The lowest BCUT2D eigenvalue weighted by molar-refractivity contribution is -0.162. The number of carbonyl (C=O) groups is 1. The molecule has 23 heavy (non-hydrogen) atoms. The third-order valence-electron chi connectivity index (χ3n) is 3.12. The van der Waals surface area contributed by atoms with E-state index in [0.29, 0.717) is 19.3 Å². The number of halogens is 4. The van der Waals surface area contributed by atoms with Crippen molar-refractivity contribution in [2.24, 2.45) is 5.41 Å². The van der Waals surface area contributed by atoms with Gasteiger partial charge in [0, 0.05) is 17.5 Å². The quantitative estimate of drug-likeness (QED) is 0.254. The maximum atomic E-state index is 13.1. The van der Waals surface area contributed by atoms with E-state index in [2.05, 4.69) is 0 Å². The van der Waals surface area contributed by atoms with Crippen molar-refractivity contribution in [3.8, 4) is 0 Å². The fourth-order valence-electron chi connectivity index (χ4n) is 1.63. The second-order valence-electron chi connectivity index (χ2n) is 6.36. The molecule has 1 atom stereocenters. The van der Waals surface area contributed by atoms with Gasteiger partial charge < -0.3 is 9.29 Å². The third-order valence-corrected chi connectivity index (χ3v) is 3.83. The van der Waals surface area contributed by atoms with Crippen molar-refractivity contribution < 1.29 is 35.9 Å². The van der Waals surface area contributed by atoms with Crippen LogP contribution in [0, 0.1) is 5.41 Å². The Labute approximate surface area is 136 Å². The number of unbranched alkanes of at least 4 members (excludes halogenated alkanes) is 4. The number of hydrogen-bond acceptors (Lipinski definition) is 4. The highest BCUT2D eigenvalue weighted by Gasteiger charge is 2.56. The molecule has 0 aromatic rings. The van der Waals surface area contributed by atoms with Crippen molar-refractivity contribution in [3.63, 3.8) is 0 Å². The molecule has 138 valence electrons. The van der Waals surface area contributed by atoms with Crippen LogP contribution >= 0.6 is 0 Å². The van der Waals surface area contributed by atoms with Gasteiger partial charge in [0.05, 0.1) is 12.0 Å². The lowest BCUT2D eigenvalue weighted by atomic mass is 9.97. The minimum Gasteiger partial charge on any atom is -0.768 e. The van der Waals surface area contributed by atoms with Crippen LogP contribution in [-0.2, 0) is 20.6 Å². The van der Waals surface area contributed by atoms with Crippen LogP contribution in [-0.4, -0.2) is 32.5 Å². The zero-order valence-electron chi connectivity index (χ0n) is 13.5. The summed E-state index contributed by atoms with van der Waals surface area (Å²) < 4.78 is 77.0. The van der Waals surface area contributed by atoms with E-state index < -0.39 is 34.1 Å². The minimum atomic E-state index is -5.05. The Morgan fingerprint density at radius 2 is 1.48 bits per heavy atom. The molecule has 0 rings (SSSR count). The molecular weight excluding hydrogens is 340 g/mol. The van der Waals surface area contributed by atoms with Gasteiger partial charge in [0.25, 0.3) is 0 Å². The summed E-state index contributed by atoms with van der Waals surface area (Å²) in [6.45, 7) is 5.39. The van der Waals surface area contributed by atoms with Crippen LogP contribution in [0.5, 0.6) is 0 Å². The van der Waals surface area contributed by atoms with Gasteiger partial charge in [-0.3, -0.25) is 9.00 Å². The van der Waals surface area contributed by atoms with E-state index >= 15 is 0 Å². The fraction of sp³-hybridized carbons (Fsp3) is 0.929. The summed E-state index contributed by atoms with van der Waals surface area (Å²) in [4.78, 5) is 11.4. The molecule has 0 radical (unpaired) electrons. The van der Waals surface area contributed by atoms with Crippen molar-refractivity contribution >= 4 is 17.0 Å². The molecule has 0 heterocycles. The Kier molecular flexibility index (Phi) is 8.69. The molecule has 1 unspecified atom stereocenters. The Hall–Kier alpha value is -0.700. The Morgan fingerprint density at radius 3 is 1.96 bits per heavy atom. The van der Waals surface area contributed by atoms with Crippen molar-refractivity contribution in [1.82, 2.24) is 0 Å². The molecule has 0 aliphatic carbocycles. The van der Waals surface area contributed by atoms with Gasteiger partial charge in [-0.05, 0) is 33.6 Å². The Morgan fingerprint density at radius 1 is 1.00 bits per heavy atom. The number of hydrogen-bond donors (Lipinski definition) is 0. The average Bonchev–Trinajstić information content (AvgIpc) is 2.39. The van der Waals surface area contributed by atoms with E-state index in [9.17, 15) is 31.1 Å². The molecule has 0 spiro atoms. The van der Waals surface area contributed by atoms with Crippen LogP contribution in [0.4, 0.5) is 17.6 Å².